The number of carbonyl (C=O) groups excluding carboxylic acids is 1. The lowest BCUT2D eigenvalue weighted by molar-refractivity contribution is -0.134. The molecule has 0 N–H and O–H groups in total. The number of piperidine rings is 1. The van der Waals surface area contributed by atoms with Gasteiger partial charge in [0, 0.05) is 18.7 Å². The molecular weight excluding hydrogens is 361 g/mol. The molecule has 1 fully saturated rings. The zero-order chi connectivity index (χ0) is 19.5. The molecule has 144 valence electrons. The van der Waals surface area contributed by atoms with E-state index in [4.69, 9.17) is 4.42 Å². The summed E-state index contributed by atoms with van der Waals surface area (Å²) >= 11 is 0. The van der Waals surface area contributed by atoms with Crippen LogP contribution in [0.15, 0.2) is 63.8 Å². The van der Waals surface area contributed by atoms with Gasteiger partial charge in [-0.3, -0.25) is 4.79 Å². The molecule has 0 radical (unpaired) electrons. The Morgan fingerprint density at radius 1 is 1.00 bits per heavy atom. The van der Waals surface area contributed by atoms with Crippen molar-refractivity contribution in [2.45, 2.75) is 25.3 Å². The molecule has 1 amide bonds. The molecule has 0 bridgehead atoms. The summed E-state index contributed by atoms with van der Waals surface area (Å²) in [4.78, 5) is 27.6. The van der Waals surface area contributed by atoms with Gasteiger partial charge in [0.2, 0.25) is 5.89 Å². The molecule has 2 heterocycles. The minimum absolute atomic E-state index is 0.0531. The van der Waals surface area contributed by atoms with Crippen LogP contribution >= 0.6 is 0 Å². The van der Waals surface area contributed by atoms with Crippen LogP contribution in [0.4, 0.5) is 4.39 Å². The molecule has 0 unspecified atom stereocenters. The van der Waals surface area contributed by atoms with Crippen LogP contribution < -0.4 is 5.76 Å². The number of amides is 1. The van der Waals surface area contributed by atoms with Crippen LogP contribution in [0.2, 0.25) is 0 Å². The molecule has 1 aliphatic heterocycles. The van der Waals surface area contributed by atoms with Gasteiger partial charge in [0.1, 0.15) is 5.82 Å². The largest absolute Gasteiger partial charge is 0.438 e. The second kappa shape index (κ2) is 7.80. The summed E-state index contributed by atoms with van der Waals surface area (Å²) < 4.78 is 19.6. The predicted octanol–water partition coefficient (Wildman–Crippen LogP) is 3.24. The zero-order valence-electron chi connectivity index (χ0n) is 15.3. The van der Waals surface area contributed by atoms with Gasteiger partial charge >= 0.3 is 5.76 Å². The van der Waals surface area contributed by atoms with Crippen LogP contribution in [-0.2, 0) is 4.79 Å². The molecule has 3 aromatic rings. The topological polar surface area (TPSA) is 68.3 Å². The molecule has 7 heteroatoms. The fourth-order valence-electron chi connectivity index (χ4n) is 3.47. The van der Waals surface area contributed by atoms with Gasteiger partial charge in [-0.1, -0.05) is 30.3 Å². The SMILES string of the molecule is O=C([C@H](c1ccccc1)n1nc(-c2ccc(F)cc2)oc1=O)N1CCCCC1. The summed E-state index contributed by atoms with van der Waals surface area (Å²) in [5.74, 6) is -1.24. The van der Waals surface area contributed by atoms with Crippen LogP contribution in [0.1, 0.15) is 30.9 Å². The molecule has 2 aromatic carbocycles. The van der Waals surface area contributed by atoms with E-state index < -0.39 is 17.6 Å². The molecule has 28 heavy (non-hydrogen) atoms. The summed E-state index contributed by atoms with van der Waals surface area (Å²) in [5.41, 5.74) is 1.13. The van der Waals surface area contributed by atoms with Gasteiger partial charge in [0.05, 0.1) is 0 Å². The van der Waals surface area contributed by atoms with Crippen molar-refractivity contribution in [2.24, 2.45) is 0 Å². The average molecular weight is 381 g/mol. The summed E-state index contributed by atoms with van der Waals surface area (Å²) in [6.45, 7) is 1.33. The highest BCUT2D eigenvalue weighted by Crippen LogP contribution is 2.23. The van der Waals surface area contributed by atoms with Crippen molar-refractivity contribution in [3.63, 3.8) is 0 Å². The minimum atomic E-state index is -0.898. The van der Waals surface area contributed by atoms with Crippen molar-refractivity contribution in [1.29, 1.82) is 0 Å². The number of likely N-dealkylation sites (tertiary alicyclic amines) is 1. The van der Waals surface area contributed by atoms with Crippen molar-refractivity contribution in [1.82, 2.24) is 14.7 Å². The number of benzene rings is 2. The Hall–Kier alpha value is -3.22. The van der Waals surface area contributed by atoms with Crippen LogP contribution in [0, 0.1) is 5.82 Å². The standard InChI is InChI=1S/C21H20FN3O3/c22-17-11-9-16(10-12-17)19-23-25(21(27)28-19)18(15-7-3-1-4-8-15)20(26)24-13-5-2-6-14-24/h1,3-4,7-12,18H,2,5-6,13-14H2/t18-/m0/s1. The minimum Gasteiger partial charge on any atom is -0.388 e. The third-order valence-electron chi connectivity index (χ3n) is 4.92. The maximum absolute atomic E-state index is 13.3. The Kier molecular flexibility index (Phi) is 5.06. The van der Waals surface area contributed by atoms with E-state index in [0.29, 0.717) is 24.2 Å². The normalized spacial score (nSPS) is 15.4. The second-order valence-electron chi connectivity index (χ2n) is 6.82. The smallest absolute Gasteiger partial charge is 0.388 e. The Morgan fingerprint density at radius 3 is 2.36 bits per heavy atom. The van der Waals surface area contributed by atoms with Crippen molar-refractivity contribution in [3.05, 3.63) is 76.5 Å². The Balaban J connectivity index is 1.75. The molecule has 1 saturated heterocycles. The molecule has 6 nitrogen and oxygen atoms in total. The number of nitrogens with zero attached hydrogens (tertiary/aromatic N) is 3. The van der Waals surface area contributed by atoms with E-state index >= 15 is 0 Å². The summed E-state index contributed by atoms with van der Waals surface area (Å²) in [6, 6.07) is 13.7. The van der Waals surface area contributed by atoms with E-state index in [-0.39, 0.29) is 11.8 Å². The number of rotatable bonds is 4. The highest BCUT2D eigenvalue weighted by molar-refractivity contribution is 5.83. The Bertz CT molecular complexity index is 1010. The van der Waals surface area contributed by atoms with E-state index in [9.17, 15) is 14.0 Å². The Morgan fingerprint density at radius 2 is 1.68 bits per heavy atom. The van der Waals surface area contributed by atoms with Gasteiger partial charge in [-0.25, -0.2) is 9.18 Å². The van der Waals surface area contributed by atoms with Crippen LogP contribution in [0.25, 0.3) is 11.5 Å². The van der Waals surface area contributed by atoms with Gasteiger partial charge in [-0.2, -0.15) is 4.68 Å². The lowest BCUT2D eigenvalue weighted by Crippen LogP contribution is -2.43. The van der Waals surface area contributed by atoms with Crippen LogP contribution in [-0.4, -0.2) is 33.7 Å². The fraction of sp³-hybridized carbons (Fsp3) is 0.286. The number of hydrogen-bond acceptors (Lipinski definition) is 4. The number of halogens is 1. The van der Waals surface area contributed by atoms with Crippen molar-refractivity contribution in [2.75, 3.05) is 13.1 Å². The monoisotopic (exact) mass is 381 g/mol. The van der Waals surface area contributed by atoms with Gasteiger partial charge in [0.25, 0.3) is 5.91 Å². The van der Waals surface area contributed by atoms with Gasteiger partial charge in [-0.15, -0.1) is 5.10 Å². The quantitative estimate of drug-likeness (QED) is 0.696. The number of carbonyl (C=O) groups is 1. The van der Waals surface area contributed by atoms with Crippen molar-refractivity contribution >= 4 is 5.91 Å². The maximum atomic E-state index is 13.3. The first-order valence-electron chi connectivity index (χ1n) is 9.33. The lowest BCUT2D eigenvalue weighted by Gasteiger charge is -2.30. The Labute approximate surface area is 161 Å². The fourth-order valence-corrected chi connectivity index (χ4v) is 3.47. The third kappa shape index (κ3) is 3.60. The molecule has 1 aliphatic rings. The van der Waals surface area contributed by atoms with Gasteiger partial charge < -0.3 is 9.32 Å². The lowest BCUT2D eigenvalue weighted by atomic mass is 10.0. The highest BCUT2D eigenvalue weighted by Gasteiger charge is 2.31. The molecule has 4 rings (SSSR count). The predicted molar refractivity (Wildman–Crippen MR) is 101 cm³/mol. The second-order valence-corrected chi connectivity index (χ2v) is 6.82. The molecular formula is C21H20FN3O3. The molecule has 0 spiro atoms. The van der Waals surface area contributed by atoms with E-state index in [1.807, 2.05) is 18.2 Å². The first-order chi connectivity index (χ1) is 13.6. The van der Waals surface area contributed by atoms with Crippen molar-refractivity contribution in [3.8, 4) is 11.5 Å². The highest BCUT2D eigenvalue weighted by atomic mass is 19.1. The van der Waals surface area contributed by atoms with Crippen LogP contribution in [0.3, 0.4) is 0 Å². The van der Waals surface area contributed by atoms with Gasteiger partial charge in [-0.05, 0) is 49.1 Å². The number of hydrogen-bond donors (Lipinski definition) is 0. The van der Waals surface area contributed by atoms with E-state index in [2.05, 4.69) is 5.10 Å². The molecule has 0 saturated carbocycles. The first kappa shape index (κ1) is 18.2. The van der Waals surface area contributed by atoms with Gasteiger partial charge in [0.15, 0.2) is 6.04 Å². The third-order valence-corrected chi connectivity index (χ3v) is 4.92. The van der Waals surface area contributed by atoms with Crippen LogP contribution in [0.5, 0.6) is 0 Å². The average Bonchev–Trinajstić information content (AvgIpc) is 3.11. The van der Waals surface area contributed by atoms with E-state index in [1.54, 1.807) is 17.0 Å². The van der Waals surface area contributed by atoms with E-state index in [1.165, 1.54) is 24.3 Å². The van der Waals surface area contributed by atoms with Crippen molar-refractivity contribution < 1.29 is 13.6 Å². The summed E-state index contributed by atoms with van der Waals surface area (Å²) in [6.07, 6.45) is 2.99. The first-order valence-corrected chi connectivity index (χ1v) is 9.33. The van der Waals surface area contributed by atoms with E-state index in [0.717, 1.165) is 23.9 Å². The molecule has 1 atom stereocenters. The number of aromatic nitrogens is 2. The summed E-state index contributed by atoms with van der Waals surface area (Å²) in [5, 5.41) is 4.27. The maximum Gasteiger partial charge on any atom is 0.438 e. The molecule has 1 aromatic heterocycles. The summed E-state index contributed by atoms with van der Waals surface area (Å²) in [7, 11) is 0. The molecule has 0 aliphatic carbocycles. The zero-order valence-corrected chi connectivity index (χ0v) is 15.3.